The van der Waals surface area contributed by atoms with Gasteiger partial charge in [0.2, 0.25) is 0 Å². The van der Waals surface area contributed by atoms with E-state index >= 15 is 0 Å². The van der Waals surface area contributed by atoms with Crippen molar-refractivity contribution in [1.82, 2.24) is 0 Å². The summed E-state index contributed by atoms with van der Waals surface area (Å²) in [5.74, 6) is 0. The van der Waals surface area contributed by atoms with E-state index in [1.807, 2.05) is 0 Å². The first-order chi connectivity index (χ1) is 5.69. The van der Waals surface area contributed by atoms with Gasteiger partial charge in [-0.2, -0.15) is 0 Å². The van der Waals surface area contributed by atoms with Crippen molar-refractivity contribution in [3.05, 3.63) is 34.4 Å². The molecule has 1 unspecified atom stereocenters. The molecule has 1 heteroatoms. The summed E-state index contributed by atoms with van der Waals surface area (Å²) < 4.78 is 0. The highest BCUT2D eigenvalue weighted by Gasteiger charge is 2.00. The molecule has 0 N–H and O–H groups in total. The van der Waals surface area contributed by atoms with Gasteiger partial charge in [0, 0.05) is 0 Å². The molecule has 0 amide bonds. The number of hydrogen-bond donors (Lipinski definition) is 0. The largest absolute Gasteiger partial charge is 0.133 e. The Labute approximate surface area is 77.6 Å². The number of aryl methyl sites for hydroxylation is 2. The van der Waals surface area contributed by atoms with Crippen LogP contribution in [0, 0.1) is 13.8 Å². The Hall–Kier alpha value is -0.350. The van der Waals surface area contributed by atoms with Gasteiger partial charge in [-0.1, -0.05) is 19.1 Å². The summed E-state index contributed by atoms with van der Waals surface area (Å²) >= 11 is 0. The van der Waals surface area contributed by atoms with Gasteiger partial charge in [0.1, 0.15) is 0 Å². The second-order valence-electron chi connectivity index (χ2n) is 3.25. The van der Waals surface area contributed by atoms with Crippen molar-refractivity contribution in [3.63, 3.8) is 0 Å². The standard InChI is InChI=1S/C11H17P/c1-4-10-5-8(2)9(3)11(6-10)7-12/h5-6H,4,7,12H2,1-3H3. The zero-order valence-electron chi connectivity index (χ0n) is 8.15. The van der Waals surface area contributed by atoms with Crippen molar-refractivity contribution in [1.29, 1.82) is 0 Å². The van der Waals surface area contributed by atoms with Gasteiger partial charge in [0.05, 0.1) is 0 Å². The molecule has 0 bridgehead atoms. The summed E-state index contributed by atoms with van der Waals surface area (Å²) in [6, 6.07) is 4.61. The molecule has 0 saturated carbocycles. The summed E-state index contributed by atoms with van der Waals surface area (Å²) in [4.78, 5) is 0. The third-order valence-electron chi connectivity index (χ3n) is 2.46. The molecule has 0 aliphatic rings. The zero-order valence-corrected chi connectivity index (χ0v) is 9.30. The van der Waals surface area contributed by atoms with E-state index in [0.29, 0.717) is 0 Å². The van der Waals surface area contributed by atoms with Crippen LogP contribution >= 0.6 is 9.24 Å². The molecule has 1 rings (SSSR count). The van der Waals surface area contributed by atoms with Crippen LogP contribution < -0.4 is 0 Å². The molecule has 1 atom stereocenters. The summed E-state index contributed by atoms with van der Waals surface area (Å²) in [7, 11) is 2.79. The average molecular weight is 180 g/mol. The highest BCUT2D eigenvalue weighted by atomic mass is 31.0. The van der Waals surface area contributed by atoms with E-state index in [0.717, 1.165) is 12.6 Å². The molecule has 1 aromatic carbocycles. The first-order valence-electron chi connectivity index (χ1n) is 4.48. The van der Waals surface area contributed by atoms with Gasteiger partial charge in [-0.25, -0.2) is 0 Å². The molecule has 0 fully saturated rings. The van der Waals surface area contributed by atoms with E-state index in [1.54, 1.807) is 0 Å². The van der Waals surface area contributed by atoms with Crippen LogP contribution in [0.15, 0.2) is 12.1 Å². The highest BCUT2D eigenvalue weighted by molar-refractivity contribution is 7.15. The van der Waals surface area contributed by atoms with Gasteiger partial charge in [0.15, 0.2) is 0 Å². The monoisotopic (exact) mass is 180 g/mol. The predicted molar refractivity (Wildman–Crippen MR) is 58.7 cm³/mol. The Kier molecular flexibility index (Phi) is 3.29. The lowest BCUT2D eigenvalue weighted by atomic mass is 9.99. The molecule has 0 aliphatic carbocycles. The quantitative estimate of drug-likeness (QED) is 0.613. The highest BCUT2D eigenvalue weighted by Crippen LogP contribution is 2.18. The van der Waals surface area contributed by atoms with Crippen molar-refractivity contribution < 1.29 is 0 Å². The topological polar surface area (TPSA) is 0 Å². The Bertz CT molecular complexity index is 277. The van der Waals surface area contributed by atoms with Crippen molar-refractivity contribution in [2.24, 2.45) is 0 Å². The third-order valence-corrected chi connectivity index (χ3v) is 2.90. The van der Waals surface area contributed by atoms with Gasteiger partial charge in [-0.15, -0.1) is 9.24 Å². The lowest BCUT2D eigenvalue weighted by Gasteiger charge is -2.09. The molecular formula is C11H17P. The Morgan fingerprint density at radius 3 is 2.42 bits per heavy atom. The maximum Gasteiger partial charge on any atom is -0.0126 e. The van der Waals surface area contributed by atoms with E-state index in [9.17, 15) is 0 Å². The van der Waals surface area contributed by atoms with E-state index in [4.69, 9.17) is 0 Å². The molecule has 0 spiro atoms. The maximum atomic E-state index is 2.79. The van der Waals surface area contributed by atoms with Crippen LogP contribution in [0.5, 0.6) is 0 Å². The van der Waals surface area contributed by atoms with Gasteiger partial charge in [-0.05, 0) is 48.7 Å². The van der Waals surface area contributed by atoms with Gasteiger partial charge >= 0.3 is 0 Å². The molecular weight excluding hydrogens is 163 g/mol. The van der Waals surface area contributed by atoms with Crippen molar-refractivity contribution >= 4 is 9.24 Å². The number of benzene rings is 1. The van der Waals surface area contributed by atoms with Gasteiger partial charge < -0.3 is 0 Å². The molecule has 0 aromatic heterocycles. The fourth-order valence-electron chi connectivity index (χ4n) is 1.43. The van der Waals surface area contributed by atoms with E-state index in [-0.39, 0.29) is 0 Å². The maximum absolute atomic E-state index is 2.79. The zero-order chi connectivity index (χ0) is 9.14. The summed E-state index contributed by atoms with van der Waals surface area (Å²) in [6.07, 6.45) is 2.21. The fraction of sp³-hybridized carbons (Fsp3) is 0.455. The molecule has 1 aromatic rings. The lowest BCUT2D eigenvalue weighted by molar-refractivity contribution is 1.10. The Balaban J connectivity index is 3.19. The average Bonchev–Trinajstić information content (AvgIpc) is 2.09. The lowest BCUT2D eigenvalue weighted by Crippen LogP contribution is -1.92. The minimum absolute atomic E-state index is 1.07. The van der Waals surface area contributed by atoms with Crippen molar-refractivity contribution in [2.45, 2.75) is 33.4 Å². The first kappa shape index (κ1) is 9.74. The summed E-state index contributed by atoms with van der Waals surface area (Å²) in [6.45, 7) is 6.60. The third kappa shape index (κ3) is 1.87. The molecule has 0 heterocycles. The van der Waals surface area contributed by atoms with Crippen molar-refractivity contribution in [3.8, 4) is 0 Å². The van der Waals surface area contributed by atoms with E-state index < -0.39 is 0 Å². The van der Waals surface area contributed by atoms with Crippen LogP contribution in [-0.2, 0) is 12.6 Å². The summed E-state index contributed by atoms with van der Waals surface area (Å²) in [5.41, 5.74) is 5.79. The van der Waals surface area contributed by atoms with Crippen molar-refractivity contribution in [2.75, 3.05) is 0 Å². The van der Waals surface area contributed by atoms with Crippen LogP contribution in [0.4, 0.5) is 0 Å². The van der Waals surface area contributed by atoms with Gasteiger partial charge in [0.25, 0.3) is 0 Å². The number of rotatable bonds is 2. The molecule has 12 heavy (non-hydrogen) atoms. The molecule has 0 saturated heterocycles. The van der Waals surface area contributed by atoms with Crippen LogP contribution in [0.25, 0.3) is 0 Å². The van der Waals surface area contributed by atoms with Crippen LogP contribution in [-0.4, -0.2) is 0 Å². The molecule has 0 radical (unpaired) electrons. The van der Waals surface area contributed by atoms with Crippen LogP contribution in [0.2, 0.25) is 0 Å². The second-order valence-corrected chi connectivity index (χ2v) is 3.66. The molecule has 0 nitrogen and oxygen atoms in total. The minimum Gasteiger partial charge on any atom is -0.133 e. The van der Waals surface area contributed by atoms with Crippen LogP contribution in [0.1, 0.15) is 29.2 Å². The molecule has 66 valence electrons. The second kappa shape index (κ2) is 4.05. The van der Waals surface area contributed by atoms with E-state index in [2.05, 4.69) is 42.1 Å². The fourth-order valence-corrected chi connectivity index (χ4v) is 1.85. The predicted octanol–water partition coefficient (Wildman–Crippen LogP) is 3.24. The van der Waals surface area contributed by atoms with E-state index in [1.165, 1.54) is 22.3 Å². The molecule has 0 aliphatic heterocycles. The Morgan fingerprint density at radius 1 is 1.25 bits per heavy atom. The van der Waals surface area contributed by atoms with Crippen LogP contribution in [0.3, 0.4) is 0 Å². The SMILES string of the molecule is CCc1cc(C)c(C)c(CP)c1. The first-order valence-corrected chi connectivity index (χ1v) is 5.29. The minimum atomic E-state index is 1.07. The summed E-state index contributed by atoms with van der Waals surface area (Å²) in [5, 5.41) is 0. The normalized spacial score (nSPS) is 10.3. The smallest absolute Gasteiger partial charge is 0.0126 e. The van der Waals surface area contributed by atoms with Gasteiger partial charge in [-0.3, -0.25) is 0 Å². The number of hydrogen-bond acceptors (Lipinski definition) is 0. The Morgan fingerprint density at radius 2 is 1.92 bits per heavy atom.